The summed E-state index contributed by atoms with van der Waals surface area (Å²) in [5, 5.41) is 9.22. The third-order valence-electron chi connectivity index (χ3n) is 2.15. The second-order valence-electron chi connectivity index (χ2n) is 3.48. The molecule has 0 amide bonds. The largest absolute Gasteiger partial charge is 0.478 e. The highest BCUT2D eigenvalue weighted by molar-refractivity contribution is 6.33. The Bertz CT molecular complexity index is 587. The molecule has 92 valence electrons. The summed E-state index contributed by atoms with van der Waals surface area (Å²) in [5.74, 6) is -0.721. The Balaban J connectivity index is 2.47. The van der Waals surface area contributed by atoms with Gasteiger partial charge in [-0.3, -0.25) is 4.98 Å². The van der Waals surface area contributed by atoms with Crippen molar-refractivity contribution >= 4 is 23.3 Å². The Morgan fingerprint density at radius 2 is 2.22 bits per heavy atom. The van der Waals surface area contributed by atoms with E-state index in [1.54, 1.807) is 18.3 Å². The van der Waals surface area contributed by atoms with E-state index in [4.69, 9.17) is 27.2 Å². The first-order chi connectivity index (χ1) is 8.58. The number of anilines is 1. The van der Waals surface area contributed by atoms with Crippen LogP contribution in [0.2, 0.25) is 5.02 Å². The zero-order chi connectivity index (χ0) is 13.1. The highest BCUT2D eigenvalue weighted by Crippen LogP contribution is 2.34. The van der Waals surface area contributed by atoms with E-state index >= 15 is 0 Å². The van der Waals surface area contributed by atoms with Crippen LogP contribution < -0.4 is 10.5 Å². The molecule has 0 fully saturated rings. The SMILES string of the molecule is Nc1cc(Cl)c(Oc2cccnc2)c(C(=O)O)c1. The molecule has 1 aromatic heterocycles. The topological polar surface area (TPSA) is 85.4 Å². The number of ether oxygens (including phenoxy) is 1. The molecule has 1 heterocycles. The number of carboxylic acid groups (broad SMARTS) is 1. The molecule has 0 radical (unpaired) electrons. The smallest absolute Gasteiger partial charge is 0.339 e. The molecular weight excluding hydrogens is 256 g/mol. The van der Waals surface area contributed by atoms with Crippen molar-refractivity contribution in [3.8, 4) is 11.5 Å². The average Bonchev–Trinajstić information content (AvgIpc) is 2.33. The van der Waals surface area contributed by atoms with Crippen LogP contribution in [0.1, 0.15) is 10.4 Å². The molecule has 0 spiro atoms. The van der Waals surface area contributed by atoms with Crippen LogP contribution in [0.15, 0.2) is 36.7 Å². The lowest BCUT2D eigenvalue weighted by Gasteiger charge is -2.11. The van der Waals surface area contributed by atoms with Gasteiger partial charge in [0.15, 0.2) is 5.75 Å². The molecule has 0 saturated heterocycles. The molecular formula is C12H9ClN2O3. The molecule has 0 unspecified atom stereocenters. The van der Waals surface area contributed by atoms with Crippen molar-refractivity contribution in [1.29, 1.82) is 0 Å². The fraction of sp³-hybridized carbons (Fsp3) is 0. The first-order valence-electron chi connectivity index (χ1n) is 4.98. The third-order valence-corrected chi connectivity index (χ3v) is 2.43. The summed E-state index contributed by atoms with van der Waals surface area (Å²) in [6, 6.07) is 6.03. The lowest BCUT2D eigenvalue weighted by Crippen LogP contribution is -2.02. The number of aromatic carboxylic acids is 1. The predicted octanol–water partition coefficient (Wildman–Crippen LogP) is 2.81. The molecule has 2 aromatic rings. The van der Waals surface area contributed by atoms with Gasteiger partial charge in [0.05, 0.1) is 11.2 Å². The Kier molecular flexibility index (Phi) is 3.34. The molecule has 0 atom stereocenters. The highest BCUT2D eigenvalue weighted by atomic mass is 35.5. The number of nitrogen functional groups attached to an aromatic ring is 1. The van der Waals surface area contributed by atoms with Crippen molar-refractivity contribution in [2.24, 2.45) is 0 Å². The van der Waals surface area contributed by atoms with E-state index in [1.807, 2.05) is 0 Å². The molecule has 3 N–H and O–H groups in total. The van der Waals surface area contributed by atoms with Crippen LogP contribution in [-0.2, 0) is 0 Å². The van der Waals surface area contributed by atoms with Gasteiger partial charge < -0.3 is 15.6 Å². The summed E-state index contributed by atoms with van der Waals surface area (Å²) < 4.78 is 5.43. The summed E-state index contributed by atoms with van der Waals surface area (Å²) in [5.41, 5.74) is 5.71. The number of hydrogen-bond acceptors (Lipinski definition) is 4. The standard InChI is InChI=1S/C12H9ClN2O3/c13-10-5-7(14)4-9(12(16)17)11(10)18-8-2-1-3-15-6-8/h1-6H,14H2,(H,16,17). The van der Waals surface area contributed by atoms with Crippen LogP contribution in [0.5, 0.6) is 11.5 Å². The Morgan fingerprint density at radius 3 is 2.83 bits per heavy atom. The van der Waals surface area contributed by atoms with Crippen molar-refractivity contribution in [2.75, 3.05) is 5.73 Å². The molecule has 0 saturated carbocycles. The Labute approximate surface area is 108 Å². The highest BCUT2D eigenvalue weighted by Gasteiger charge is 2.17. The lowest BCUT2D eigenvalue weighted by molar-refractivity contribution is 0.0694. The van der Waals surface area contributed by atoms with E-state index in [2.05, 4.69) is 4.98 Å². The second kappa shape index (κ2) is 4.93. The summed E-state index contributed by atoms with van der Waals surface area (Å²) in [6.07, 6.45) is 3.04. The maximum absolute atomic E-state index is 11.1. The number of nitrogens with zero attached hydrogens (tertiary/aromatic N) is 1. The minimum absolute atomic E-state index is 0.0476. The normalized spacial score (nSPS) is 10.1. The predicted molar refractivity (Wildman–Crippen MR) is 67.1 cm³/mol. The minimum Gasteiger partial charge on any atom is -0.478 e. The van der Waals surface area contributed by atoms with E-state index < -0.39 is 5.97 Å². The van der Waals surface area contributed by atoms with Gasteiger partial charge in [-0.1, -0.05) is 11.6 Å². The number of carbonyl (C=O) groups is 1. The van der Waals surface area contributed by atoms with Crippen LogP contribution in [0, 0.1) is 0 Å². The van der Waals surface area contributed by atoms with Crippen molar-refractivity contribution in [2.45, 2.75) is 0 Å². The second-order valence-corrected chi connectivity index (χ2v) is 3.88. The molecule has 5 nitrogen and oxygen atoms in total. The van der Waals surface area contributed by atoms with Gasteiger partial charge in [0.1, 0.15) is 11.3 Å². The van der Waals surface area contributed by atoms with Gasteiger partial charge in [0.2, 0.25) is 0 Å². The molecule has 6 heteroatoms. The first-order valence-corrected chi connectivity index (χ1v) is 5.36. The van der Waals surface area contributed by atoms with Crippen LogP contribution in [0.3, 0.4) is 0 Å². The van der Waals surface area contributed by atoms with Gasteiger partial charge in [-0.15, -0.1) is 0 Å². The summed E-state index contributed by atoms with van der Waals surface area (Å²) >= 11 is 5.94. The number of nitrogens with two attached hydrogens (primary N) is 1. The minimum atomic E-state index is -1.16. The quantitative estimate of drug-likeness (QED) is 0.833. The number of benzene rings is 1. The van der Waals surface area contributed by atoms with Gasteiger partial charge in [0, 0.05) is 11.9 Å². The molecule has 0 bridgehead atoms. The van der Waals surface area contributed by atoms with E-state index in [1.165, 1.54) is 18.3 Å². The number of pyridine rings is 1. The Morgan fingerprint density at radius 1 is 1.44 bits per heavy atom. The fourth-order valence-electron chi connectivity index (χ4n) is 1.40. The monoisotopic (exact) mass is 264 g/mol. The van der Waals surface area contributed by atoms with Gasteiger partial charge >= 0.3 is 5.97 Å². The summed E-state index contributed by atoms with van der Waals surface area (Å²) in [6.45, 7) is 0. The molecule has 0 aliphatic heterocycles. The van der Waals surface area contributed by atoms with E-state index in [0.29, 0.717) is 5.75 Å². The first kappa shape index (κ1) is 12.2. The molecule has 0 aliphatic carbocycles. The summed E-state index contributed by atoms with van der Waals surface area (Å²) in [4.78, 5) is 15.0. The molecule has 18 heavy (non-hydrogen) atoms. The van der Waals surface area contributed by atoms with Crippen molar-refractivity contribution < 1.29 is 14.6 Å². The van der Waals surface area contributed by atoms with Crippen molar-refractivity contribution in [3.63, 3.8) is 0 Å². The number of hydrogen-bond donors (Lipinski definition) is 2. The average molecular weight is 265 g/mol. The molecule has 1 aromatic carbocycles. The van der Waals surface area contributed by atoms with Crippen molar-refractivity contribution in [1.82, 2.24) is 4.98 Å². The van der Waals surface area contributed by atoms with Gasteiger partial charge in [0.25, 0.3) is 0 Å². The van der Waals surface area contributed by atoms with E-state index in [0.717, 1.165) is 0 Å². The van der Waals surface area contributed by atoms with Crippen LogP contribution in [0.25, 0.3) is 0 Å². The maximum atomic E-state index is 11.1. The van der Waals surface area contributed by atoms with Crippen molar-refractivity contribution in [3.05, 3.63) is 47.2 Å². The third kappa shape index (κ3) is 2.52. The number of carboxylic acids is 1. The zero-order valence-corrected chi connectivity index (χ0v) is 9.89. The van der Waals surface area contributed by atoms with Gasteiger partial charge in [-0.05, 0) is 24.3 Å². The molecule has 0 aliphatic rings. The van der Waals surface area contributed by atoms with E-state index in [9.17, 15) is 4.79 Å². The van der Waals surface area contributed by atoms with E-state index in [-0.39, 0.29) is 22.0 Å². The lowest BCUT2D eigenvalue weighted by atomic mass is 10.2. The fourth-order valence-corrected chi connectivity index (χ4v) is 1.67. The molecule has 2 rings (SSSR count). The van der Waals surface area contributed by atoms with Crippen LogP contribution >= 0.6 is 11.6 Å². The maximum Gasteiger partial charge on any atom is 0.339 e. The van der Waals surface area contributed by atoms with Gasteiger partial charge in [-0.25, -0.2) is 4.79 Å². The van der Waals surface area contributed by atoms with Crippen LogP contribution in [-0.4, -0.2) is 16.1 Å². The Hall–Kier alpha value is -2.27. The zero-order valence-electron chi connectivity index (χ0n) is 9.13. The number of rotatable bonds is 3. The number of halogens is 1. The number of aromatic nitrogens is 1. The van der Waals surface area contributed by atoms with Crippen LogP contribution in [0.4, 0.5) is 5.69 Å². The summed E-state index contributed by atoms with van der Waals surface area (Å²) in [7, 11) is 0. The van der Waals surface area contributed by atoms with Gasteiger partial charge in [-0.2, -0.15) is 0 Å².